The first-order valence-corrected chi connectivity index (χ1v) is 10.0. The van der Waals surface area contributed by atoms with Crippen molar-refractivity contribution in [3.05, 3.63) is 27.0 Å². The molecule has 0 bridgehead atoms. The number of aromatic amines is 1. The number of hydrogen-bond acceptors (Lipinski definition) is 5. The third-order valence-electron chi connectivity index (χ3n) is 3.47. The Labute approximate surface area is 116 Å². The van der Waals surface area contributed by atoms with Crippen LogP contribution in [0.5, 0.6) is 0 Å². The molecule has 0 spiro atoms. The van der Waals surface area contributed by atoms with Crippen LogP contribution in [0, 0.1) is 0 Å². The van der Waals surface area contributed by atoms with Crippen molar-refractivity contribution in [2.24, 2.45) is 0 Å². The van der Waals surface area contributed by atoms with Crippen molar-refractivity contribution >= 4 is 13.3 Å². The number of aromatic nitrogens is 2. The minimum absolute atomic E-state index is 0.211. The lowest BCUT2D eigenvalue weighted by atomic mass is 10.2. The molecule has 0 aromatic carbocycles. The summed E-state index contributed by atoms with van der Waals surface area (Å²) in [5, 5.41) is 19.4. The second-order valence-electron chi connectivity index (χ2n) is 6.07. The Morgan fingerprint density at radius 2 is 2.10 bits per heavy atom. The summed E-state index contributed by atoms with van der Waals surface area (Å²) < 4.78 is 6.75. The summed E-state index contributed by atoms with van der Waals surface area (Å²) in [7, 11) is -1.90. The van der Waals surface area contributed by atoms with Crippen molar-refractivity contribution in [3.8, 4) is 0 Å². The predicted molar refractivity (Wildman–Crippen MR) is 75.9 cm³/mol. The number of aliphatic hydroxyl groups excluding tert-OH is 2. The number of hydrogen-bond donors (Lipinski definition) is 3. The number of nitrogens with zero attached hydrogens (tertiary/aromatic N) is 1. The van der Waals surface area contributed by atoms with Gasteiger partial charge in [0.1, 0.15) is 12.3 Å². The highest BCUT2D eigenvalue weighted by Gasteiger charge is 2.35. The van der Waals surface area contributed by atoms with Gasteiger partial charge in [-0.2, -0.15) is 0 Å². The Balaban J connectivity index is 2.43. The SMILES string of the molecule is C[Si](C)(C)c1cn([C@@H]2C[C@H](O)[C@H](CO)O2)c(=O)[nH]c1=O. The highest BCUT2D eigenvalue weighted by molar-refractivity contribution is 6.88. The molecule has 1 aromatic heterocycles. The van der Waals surface area contributed by atoms with Gasteiger partial charge in [0.15, 0.2) is 0 Å². The molecule has 1 saturated heterocycles. The molecule has 2 heterocycles. The average molecular weight is 300 g/mol. The molecule has 0 amide bonds. The van der Waals surface area contributed by atoms with Gasteiger partial charge in [-0.15, -0.1) is 0 Å². The van der Waals surface area contributed by atoms with E-state index in [9.17, 15) is 14.7 Å². The molecule has 8 heteroatoms. The summed E-state index contributed by atoms with van der Waals surface area (Å²) in [4.78, 5) is 26.1. The zero-order chi connectivity index (χ0) is 15.1. The second kappa shape index (κ2) is 5.28. The molecule has 1 fully saturated rings. The summed E-state index contributed by atoms with van der Waals surface area (Å²) >= 11 is 0. The summed E-state index contributed by atoms with van der Waals surface area (Å²) in [5.41, 5.74) is -0.921. The molecule has 1 aliphatic heterocycles. The van der Waals surface area contributed by atoms with Gasteiger partial charge in [0.2, 0.25) is 0 Å². The largest absolute Gasteiger partial charge is 0.394 e. The number of H-pyrrole nitrogens is 1. The van der Waals surface area contributed by atoms with Gasteiger partial charge in [0.05, 0.1) is 20.8 Å². The third-order valence-corrected chi connectivity index (χ3v) is 5.44. The van der Waals surface area contributed by atoms with Gasteiger partial charge in [-0.1, -0.05) is 19.6 Å². The summed E-state index contributed by atoms with van der Waals surface area (Å²) in [5.74, 6) is 0. The zero-order valence-electron chi connectivity index (χ0n) is 11.8. The molecule has 20 heavy (non-hydrogen) atoms. The van der Waals surface area contributed by atoms with E-state index < -0.39 is 32.2 Å². The van der Waals surface area contributed by atoms with Crippen LogP contribution in [0.25, 0.3) is 0 Å². The van der Waals surface area contributed by atoms with Crippen molar-refractivity contribution in [1.82, 2.24) is 9.55 Å². The molecule has 7 nitrogen and oxygen atoms in total. The molecular formula is C12H20N2O5Si. The Bertz CT molecular complexity index is 603. The van der Waals surface area contributed by atoms with Crippen LogP contribution in [0.1, 0.15) is 12.6 Å². The lowest BCUT2D eigenvalue weighted by molar-refractivity contribution is -0.0458. The van der Waals surface area contributed by atoms with Gasteiger partial charge in [0, 0.05) is 17.8 Å². The van der Waals surface area contributed by atoms with E-state index in [1.54, 1.807) is 0 Å². The van der Waals surface area contributed by atoms with E-state index in [1.165, 1.54) is 10.8 Å². The lowest BCUT2D eigenvalue weighted by Crippen LogP contribution is -2.52. The van der Waals surface area contributed by atoms with Crippen molar-refractivity contribution in [1.29, 1.82) is 0 Å². The van der Waals surface area contributed by atoms with E-state index in [4.69, 9.17) is 9.84 Å². The van der Waals surface area contributed by atoms with Crippen molar-refractivity contribution in [2.75, 3.05) is 6.61 Å². The first-order chi connectivity index (χ1) is 9.24. The molecule has 0 unspecified atom stereocenters. The van der Waals surface area contributed by atoms with Crippen molar-refractivity contribution in [3.63, 3.8) is 0 Å². The van der Waals surface area contributed by atoms with E-state index in [0.29, 0.717) is 5.19 Å². The maximum Gasteiger partial charge on any atom is 0.330 e. The lowest BCUT2D eigenvalue weighted by Gasteiger charge is -2.19. The minimum atomic E-state index is -1.90. The Morgan fingerprint density at radius 3 is 2.60 bits per heavy atom. The Morgan fingerprint density at radius 1 is 1.45 bits per heavy atom. The quantitative estimate of drug-likeness (QED) is 0.603. The molecular weight excluding hydrogens is 280 g/mol. The minimum Gasteiger partial charge on any atom is -0.394 e. The van der Waals surface area contributed by atoms with Gasteiger partial charge in [0.25, 0.3) is 5.56 Å². The maximum atomic E-state index is 11.9. The second-order valence-corrected chi connectivity index (χ2v) is 11.1. The molecule has 112 valence electrons. The molecule has 3 atom stereocenters. The smallest absolute Gasteiger partial charge is 0.330 e. The van der Waals surface area contributed by atoms with Crippen LogP contribution in [0.2, 0.25) is 19.6 Å². The van der Waals surface area contributed by atoms with E-state index in [-0.39, 0.29) is 18.6 Å². The van der Waals surface area contributed by atoms with E-state index in [2.05, 4.69) is 4.98 Å². The van der Waals surface area contributed by atoms with E-state index >= 15 is 0 Å². The standard InChI is InChI=1S/C12H20N2O5Si/c1-20(2,3)9-5-14(12(18)13-11(9)17)10-4-7(16)8(6-15)19-10/h5,7-8,10,15-16H,4,6H2,1-3H3,(H,13,17,18)/t7-,8-,10-/m0/s1. The molecule has 3 N–H and O–H groups in total. The van der Waals surface area contributed by atoms with Gasteiger partial charge < -0.3 is 14.9 Å². The number of rotatable bonds is 3. The molecule has 2 rings (SSSR count). The average Bonchev–Trinajstić information content (AvgIpc) is 2.68. The van der Waals surface area contributed by atoms with E-state index in [0.717, 1.165) is 0 Å². The Kier molecular flexibility index (Phi) is 4.01. The van der Waals surface area contributed by atoms with Gasteiger partial charge in [-0.25, -0.2) is 4.79 Å². The fraction of sp³-hybridized carbons (Fsp3) is 0.667. The van der Waals surface area contributed by atoms with Gasteiger partial charge in [-0.05, 0) is 0 Å². The first-order valence-electron chi connectivity index (χ1n) is 6.54. The topological polar surface area (TPSA) is 105 Å². The fourth-order valence-corrected chi connectivity index (χ4v) is 3.55. The van der Waals surface area contributed by atoms with Crippen LogP contribution in [-0.2, 0) is 4.74 Å². The molecule has 0 radical (unpaired) electrons. The highest BCUT2D eigenvalue weighted by Crippen LogP contribution is 2.26. The number of ether oxygens (including phenoxy) is 1. The van der Waals surface area contributed by atoms with Crippen LogP contribution >= 0.6 is 0 Å². The van der Waals surface area contributed by atoms with Crippen LogP contribution in [0.15, 0.2) is 15.8 Å². The number of aliphatic hydroxyl groups is 2. The third kappa shape index (κ3) is 2.78. The fourth-order valence-electron chi connectivity index (χ4n) is 2.28. The monoisotopic (exact) mass is 300 g/mol. The van der Waals surface area contributed by atoms with Crippen LogP contribution in [-0.4, -0.2) is 46.7 Å². The molecule has 0 saturated carbocycles. The maximum absolute atomic E-state index is 11.9. The van der Waals surface area contributed by atoms with Gasteiger partial charge in [-0.3, -0.25) is 14.3 Å². The zero-order valence-corrected chi connectivity index (χ0v) is 12.8. The molecule has 0 aliphatic carbocycles. The van der Waals surface area contributed by atoms with Crippen molar-refractivity contribution in [2.45, 2.75) is 44.5 Å². The predicted octanol–water partition coefficient (Wildman–Crippen LogP) is -1.28. The molecule has 1 aromatic rings. The van der Waals surface area contributed by atoms with Gasteiger partial charge >= 0.3 is 5.69 Å². The normalized spacial score (nSPS) is 26.9. The van der Waals surface area contributed by atoms with Crippen LogP contribution in [0.3, 0.4) is 0 Å². The summed E-state index contributed by atoms with van der Waals surface area (Å²) in [6.07, 6.45) is -0.442. The summed E-state index contributed by atoms with van der Waals surface area (Å²) in [6, 6.07) is 0. The van der Waals surface area contributed by atoms with Crippen molar-refractivity contribution < 1.29 is 14.9 Å². The van der Waals surface area contributed by atoms with E-state index in [1.807, 2.05) is 19.6 Å². The highest BCUT2D eigenvalue weighted by atomic mass is 28.3. The first kappa shape index (κ1) is 15.2. The Hall–Kier alpha value is -1.22. The number of nitrogens with one attached hydrogen (secondary N) is 1. The van der Waals surface area contributed by atoms with Crippen LogP contribution in [0.4, 0.5) is 0 Å². The molecule has 1 aliphatic rings. The summed E-state index contributed by atoms with van der Waals surface area (Å²) in [6.45, 7) is 5.71. The van der Waals surface area contributed by atoms with Crippen LogP contribution < -0.4 is 16.4 Å².